The molecule has 8 heteroatoms. The van der Waals surface area contributed by atoms with Crippen LogP contribution in [0.2, 0.25) is 2.95 Å². The first-order chi connectivity index (χ1) is 10.4. The molecule has 1 fully saturated rings. The molecule has 0 saturated carbocycles. The number of nitrogens with two attached hydrogens (primary N) is 1. The van der Waals surface area contributed by atoms with Crippen LogP contribution < -0.4 is 5.73 Å². The average molecular weight is 715 g/mol. The summed E-state index contributed by atoms with van der Waals surface area (Å²) >= 11 is 7.78. The molecule has 0 aromatic rings. The number of hydrogen-bond donors (Lipinski definition) is 3. The maximum absolute atomic E-state index is 16.2. The van der Waals surface area contributed by atoms with Gasteiger partial charge in [0.2, 0.25) is 0 Å². The minimum atomic E-state index is -2.12. The fourth-order valence-corrected chi connectivity index (χ4v) is 11.2. The standard InChI is InChI=1S/C16H32FIN2OPS.U/c1-8-12(4)9-13(5,22)11(18)20(10(2)3)15(7,17)16(19,21)14(12,6)23;/h9-11,21,23H,8,19,22H2,1-7H3;. The van der Waals surface area contributed by atoms with Crippen molar-refractivity contribution in [2.45, 2.75) is 89.3 Å². The van der Waals surface area contributed by atoms with E-state index in [1.165, 1.54) is 6.92 Å². The second-order valence-corrected chi connectivity index (χ2v) is 13.9. The van der Waals surface area contributed by atoms with Crippen LogP contribution in [0.4, 0.5) is 4.39 Å². The number of halogens is 2. The molecule has 1 aliphatic heterocycles. The summed E-state index contributed by atoms with van der Waals surface area (Å²) in [7, 11) is 2.99. The normalized spacial score (nSPS) is 54.7. The fourth-order valence-electron chi connectivity index (χ4n) is 3.99. The first-order valence-corrected chi connectivity index (χ1v) is 13.0. The van der Waals surface area contributed by atoms with Crippen LogP contribution in [0.3, 0.4) is 0 Å². The Hall–Kier alpha value is 2.37. The van der Waals surface area contributed by atoms with E-state index in [9.17, 15) is 5.11 Å². The number of nitrogens with zero attached hydrogens (tertiary/aromatic N) is 1. The van der Waals surface area contributed by atoms with E-state index in [0.717, 1.165) is 6.42 Å². The zero-order valence-corrected chi connectivity index (χ0v) is 24.1. The fraction of sp³-hybridized carbons (Fsp3) is 1.00. The zero-order chi connectivity index (χ0) is 19.5. The van der Waals surface area contributed by atoms with Crippen molar-refractivity contribution in [3.8, 4) is 0 Å². The Balaban J connectivity index is 3.84. The third kappa shape index (κ3) is 3.21. The summed E-state index contributed by atoms with van der Waals surface area (Å²) in [6.45, 7) is 13.5. The van der Waals surface area contributed by atoms with Gasteiger partial charge in [0.1, 0.15) is 0 Å². The summed E-state index contributed by atoms with van der Waals surface area (Å²) in [5.74, 6) is -2.12. The molecular formula is C16H32FIN2OPSU. The number of alkyl halides is 2. The first kappa shape index (κ1) is 24.4. The van der Waals surface area contributed by atoms with Crippen LogP contribution in [-0.4, -0.2) is 41.5 Å². The van der Waals surface area contributed by atoms with E-state index in [2.05, 4.69) is 52.6 Å². The van der Waals surface area contributed by atoms with Crippen molar-refractivity contribution in [3.63, 3.8) is 0 Å². The van der Waals surface area contributed by atoms with E-state index in [1.807, 2.05) is 13.8 Å². The third-order valence-electron chi connectivity index (χ3n) is 6.34. The minimum absolute atomic E-state index is 0.107. The Bertz CT molecular complexity index is 493. The van der Waals surface area contributed by atoms with E-state index in [-0.39, 0.29) is 15.2 Å². The summed E-state index contributed by atoms with van der Waals surface area (Å²) in [6, 6.07) is -0.107. The van der Waals surface area contributed by atoms with Gasteiger partial charge in [-0.2, -0.15) is 0 Å². The molecule has 1 saturated heterocycles. The van der Waals surface area contributed by atoms with Gasteiger partial charge in [0.25, 0.3) is 0 Å². The predicted molar refractivity (Wildman–Crippen MR) is 111 cm³/mol. The molecule has 0 amide bonds. The molecule has 0 radical (unpaired) electrons. The Morgan fingerprint density at radius 1 is 1.38 bits per heavy atom. The van der Waals surface area contributed by atoms with Gasteiger partial charge in [-0.3, -0.25) is 0 Å². The van der Waals surface area contributed by atoms with E-state index < -0.39 is 21.7 Å². The van der Waals surface area contributed by atoms with Gasteiger partial charge < -0.3 is 0 Å². The Morgan fingerprint density at radius 2 is 1.79 bits per heavy atom. The molecular weight excluding hydrogens is 683 g/mol. The van der Waals surface area contributed by atoms with Crippen LogP contribution in [-0.2, 0) is 0 Å². The second kappa shape index (κ2) is 7.32. The van der Waals surface area contributed by atoms with Crippen LogP contribution in [0, 0.1) is 34.8 Å². The van der Waals surface area contributed by atoms with E-state index in [0.29, 0.717) is 32.4 Å². The van der Waals surface area contributed by atoms with Crippen molar-refractivity contribution >= 4 is 44.5 Å². The summed E-state index contributed by atoms with van der Waals surface area (Å²) in [5, 5.41) is 11.1. The molecule has 1 aliphatic rings. The van der Waals surface area contributed by atoms with Crippen molar-refractivity contribution in [3.05, 3.63) is 0 Å². The van der Waals surface area contributed by atoms with E-state index in [1.54, 1.807) is 11.8 Å². The number of thiol groups is 1. The molecule has 3 nitrogen and oxygen atoms in total. The van der Waals surface area contributed by atoms with Gasteiger partial charge >= 0.3 is 189 Å². The van der Waals surface area contributed by atoms with Crippen LogP contribution in [0.25, 0.3) is 0 Å². The van der Waals surface area contributed by atoms with Gasteiger partial charge in [0.05, 0.1) is 0 Å². The van der Waals surface area contributed by atoms with Gasteiger partial charge in [0, 0.05) is 0 Å². The van der Waals surface area contributed by atoms with Gasteiger partial charge in [0.15, 0.2) is 0 Å². The molecule has 0 aromatic carbocycles. The number of rotatable bonds is 2. The molecule has 24 heavy (non-hydrogen) atoms. The summed E-state index contributed by atoms with van der Waals surface area (Å²) in [6.07, 6.45) is 0.777. The number of likely N-dealkylation sites (tertiary alicyclic amines) is 1. The molecule has 8 unspecified atom stereocenters. The molecule has 0 bridgehead atoms. The predicted octanol–water partition coefficient (Wildman–Crippen LogP) is 3.88. The molecule has 3 N–H and O–H groups in total. The summed E-state index contributed by atoms with van der Waals surface area (Å²) < 4.78 is 15.3. The second-order valence-electron chi connectivity index (χ2n) is 8.20. The zero-order valence-electron chi connectivity index (χ0n) is 15.7. The summed E-state index contributed by atoms with van der Waals surface area (Å²) in [5.41, 5.74) is 3.86. The molecule has 1 heterocycles. The molecule has 141 valence electrons. The first-order valence-electron chi connectivity index (χ1n) is 8.29. The van der Waals surface area contributed by atoms with Crippen LogP contribution >= 0.6 is 44.5 Å². The third-order valence-corrected chi connectivity index (χ3v) is 17.1. The summed E-state index contributed by atoms with van der Waals surface area (Å²) in [4.78, 5) is 1.72. The van der Waals surface area contributed by atoms with Crippen molar-refractivity contribution in [1.29, 1.82) is 0 Å². The van der Waals surface area contributed by atoms with Crippen LogP contribution in [0.5, 0.6) is 0 Å². The van der Waals surface area contributed by atoms with Crippen molar-refractivity contribution in [2.75, 3.05) is 0 Å². The average Bonchev–Trinajstić information content (AvgIpc) is 2.43. The number of aliphatic hydroxyl groups is 1. The number of hydrogen-bond acceptors (Lipinski definition) is 4. The van der Waals surface area contributed by atoms with Gasteiger partial charge in [-0.1, -0.05) is 0 Å². The Labute approximate surface area is 187 Å². The Kier molecular flexibility index (Phi) is 7.45. The molecule has 0 aromatic heterocycles. The van der Waals surface area contributed by atoms with Crippen molar-refractivity contribution < 1.29 is 38.9 Å². The Morgan fingerprint density at radius 3 is 2.12 bits per heavy atom. The maximum atomic E-state index is 16.2. The van der Waals surface area contributed by atoms with Crippen LogP contribution in [0.15, 0.2) is 0 Å². The van der Waals surface area contributed by atoms with Crippen LogP contribution in [0.1, 0.15) is 54.9 Å². The topological polar surface area (TPSA) is 49.5 Å². The van der Waals surface area contributed by atoms with E-state index >= 15 is 4.39 Å². The quantitative estimate of drug-likeness (QED) is 0.102. The van der Waals surface area contributed by atoms with E-state index in [4.69, 9.17) is 18.4 Å². The van der Waals surface area contributed by atoms with Crippen molar-refractivity contribution in [2.24, 2.45) is 11.1 Å². The van der Waals surface area contributed by atoms with Crippen molar-refractivity contribution in [1.82, 2.24) is 4.90 Å². The molecule has 1 rings (SSSR count). The monoisotopic (exact) mass is 715 g/mol. The van der Waals surface area contributed by atoms with Gasteiger partial charge in [-0.25, -0.2) is 0 Å². The molecule has 0 aliphatic carbocycles. The SMILES string of the molecule is CCC1(C)[CH]([U])C(C)(P)C(I)N(C(C)C)C(C)(F)C(N)(O)C1(C)S. The van der Waals surface area contributed by atoms with Gasteiger partial charge in [-0.15, -0.1) is 0 Å². The van der Waals surface area contributed by atoms with Gasteiger partial charge in [-0.05, 0) is 0 Å². The molecule has 0 spiro atoms. The molecule has 8 atom stereocenters.